The number of allylic oxidation sites excluding steroid dienone is 1. The van der Waals surface area contributed by atoms with Crippen LogP contribution in [0.3, 0.4) is 0 Å². The van der Waals surface area contributed by atoms with Crippen molar-refractivity contribution >= 4 is 49.6 Å². The molecule has 2 aromatic heterocycles. The zero-order valence-corrected chi connectivity index (χ0v) is 26.6. The van der Waals surface area contributed by atoms with Crippen LogP contribution in [-0.2, 0) is 6.42 Å². The van der Waals surface area contributed by atoms with Gasteiger partial charge in [0.15, 0.2) is 17.5 Å². The first-order valence-electron chi connectivity index (χ1n) is 16.7. The normalized spacial score (nSPS) is 12.7. The molecule has 9 aromatic rings. The molecule has 0 unspecified atom stereocenters. The highest BCUT2D eigenvalue weighted by Crippen LogP contribution is 2.39. The molecule has 49 heavy (non-hydrogen) atoms. The van der Waals surface area contributed by atoms with Gasteiger partial charge < -0.3 is 4.42 Å². The Balaban J connectivity index is 1.15. The van der Waals surface area contributed by atoms with Crippen molar-refractivity contribution in [3.05, 3.63) is 157 Å². The summed E-state index contributed by atoms with van der Waals surface area (Å²) >= 11 is 0. The Morgan fingerprint density at radius 1 is 0.469 bits per heavy atom. The lowest BCUT2D eigenvalue weighted by Crippen LogP contribution is -2.05. The van der Waals surface area contributed by atoms with E-state index in [0.717, 1.165) is 68.0 Å². The fraction of sp³-hybridized carbons (Fsp3) is 0.0444. The van der Waals surface area contributed by atoms with Crippen LogP contribution in [0.25, 0.3) is 94.8 Å². The van der Waals surface area contributed by atoms with Gasteiger partial charge in [0.25, 0.3) is 0 Å². The number of nitrogens with zero attached hydrogens (tertiary/aromatic N) is 3. The van der Waals surface area contributed by atoms with Crippen LogP contribution in [0, 0.1) is 0 Å². The molecule has 0 amide bonds. The Morgan fingerprint density at radius 2 is 1.14 bits per heavy atom. The number of furan rings is 1. The van der Waals surface area contributed by atoms with Crippen LogP contribution in [0.15, 0.2) is 150 Å². The number of hydrogen-bond acceptors (Lipinski definition) is 4. The van der Waals surface area contributed by atoms with Gasteiger partial charge in [-0.1, -0.05) is 127 Å². The minimum absolute atomic E-state index is 0.653. The number of hydrogen-bond donors (Lipinski definition) is 0. The van der Waals surface area contributed by atoms with Crippen LogP contribution in [0.4, 0.5) is 0 Å². The molecule has 0 saturated carbocycles. The number of rotatable bonds is 4. The average Bonchev–Trinajstić information content (AvgIpc) is 3.56. The molecule has 0 atom stereocenters. The van der Waals surface area contributed by atoms with Crippen LogP contribution >= 0.6 is 0 Å². The molecule has 0 saturated heterocycles. The van der Waals surface area contributed by atoms with Gasteiger partial charge in [0.1, 0.15) is 11.2 Å². The molecule has 2 heterocycles. The maximum Gasteiger partial charge on any atom is 0.164 e. The Hall–Kier alpha value is -6.39. The third-order valence-electron chi connectivity index (χ3n) is 9.79. The van der Waals surface area contributed by atoms with E-state index in [1.165, 1.54) is 27.3 Å². The van der Waals surface area contributed by atoms with E-state index in [2.05, 4.69) is 133 Å². The molecule has 4 heteroatoms. The summed E-state index contributed by atoms with van der Waals surface area (Å²) < 4.78 is 6.18. The summed E-state index contributed by atoms with van der Waals surface area (Å²) in [6.07, 6.45) is 6.47. The fourth-order valence-corrected chi connectivity index (χ4v) is 7.40. The number of benzene rings is 7. The predicted molar refractivity (Wildman–Crippen MR) is 201 cm³/mol. The summed E-state index contributed by atoms with van der Waals surface area (Å²) in [6, 6.07) is 48.7. The molecule has 0 N–H and O–H groups in total. The highest BCUT2D eigenvalue weighted by molar-refractivity contribution is 6.12. The Labute approximate surface area is 283 Å². The standard InChI is InChI=1S/C45H29N3O/c1-2-11-31-26-33(25-20-28(31)10-1)44-46-43(47-45(48-44)39-27-32-12-3-4-13-34(32)36-14-5-6-15-37(36)39)30-23-21-29(22-24-30)35-17-9-19-41-42(35)38-16-7-8-18-40(38)49-41/h1-5,7-14,16-27H,6,15H2. The van der Waals surface area contributed by atoms with Crippen molar-refractivity contribution in [2.75, 3.05) is 0 Å². The van der Waals surface area contributed by atoms with Gasteiger partial charge in [-0.05, 0) is 80.9 Å². The molecule has 0 spiro atoms. The van der Waals surface area contributed by atoms with Crippen LogP contribution in [0.2, 0.25) is 0 Å². The molecule has 230 valence electrons. The summed E-state index contributed by atoms with van der Waals surface area (Å²) in [5, 5.41) is 7.03. The first-order chi connectivity index (χ1) is 24.3. The molecule has 1 aliphatic rings. The molecule has 7 aromatic carbocycles. The third kappa shape index (κ3) is 4.64. The highest BCUT2D eigenvalue weighted by atomic mass is 16.3. The first-order valence-corrected chi connectivity index (χ1v) is 16.7. The molecular weight excluding hydrogens is 599 g/mol. The molecular formula is C45H29N3O. The second kappa shape index (κ2) is 11.1. The smallest absolute Gasteiger partial charge is 0.164 e. The summed E-state index contributed by atoms with van der Waals surface area (Å²) in [7, 11) is 0. The van der Waals surface area contributed by atoms with E-state index >= 15 is 0 Å². The average molecular weight is 628 g/mol. The number of para-hydroxylation sites is 1. The minimum atomic E-state index is 0.653. The van der Waals surface area contributed by atoms with Gasteiger partial charge >= 0.3 is 0 Å². The lowest BCUT2D eigenvalue weighted by atomic mass is 9.88. The largest absolute Gasteiger partial charge is 0.456 e. The lowest BCUT2D eigenvalue weighted by molar-refractivity contribution is 0.669. The lowest BCUT2D eigenvalue weighted by Gasteiger charge is -2.18. The predicted octanol–water partition coefficient (Wildman–Crippen LogP) is 11.7. The van der Waals surface area contributed by atoms with Gasteiger partial charge in [0.05, 0.1) is 0 Å². The maximum atomic E-state index is 6.18. The van der Waals surface area contributed by atoms with E-state index in [0.29, 0.717) is 17.5 Å². The van der Waals surface area contributed by atoms with Crippen molar-refractivity contribution in [1.82, 2.24) is 15.0 Å². The zero-order chi connectivity index (χ0) is 32.3. The van der Waals surface area contributed by atoms with Crippen molar-refractivity contribution in [3.8, 4) is 45.3 Å². The van der Waals surface area contributed by atoms with Crippen LogP contribution < -0.4 is 0 Å². The van der Waals surface area contributed by atoms with Gasteiger partial charge in [0, 0.05) is 27.5 Å². The van der Waals surface area contributed by atoms with E-state index < -0.39 is 0 Å². The number of aromatic nitrogens is 3. The maximum absolute atomic E-state index is 6.18. The van der Waals surface area contributed by atoms with Gasteiger partial charge in [-0.3, -0.25) is 0 Å². The van der Waals surface area contributed by atoms with Crippen LogP contribution in [0.1, 0.15) is 17.5 Å². The SMILES string of the molecule is C1=Cc2c(c(-c3nc(-c4ccc(-c5cccc6oc7ccccc7c56)cc4)nc(-c4ccc5ccccc5c4)n3)cc3ccccc23)CC1. The third-order valence-corrected chi connectivity index (χ3v) is 9.79. The summed E-state index contributed by atoms with van der Waals surface area (Å²) in [5.41, 5.74) is 9.56. The van der Waals surface area contributed by atoms with Gasteiger partial charge in [0.2, 0.25) is 0 Å². The molecule has 0 aliphatic heterocycles. The van der Waals surface area contributed by atoms with Crippen molar-refractivity contribution in [2.45, 2.75) is 12.8 Å². The van der Waals surface area contributed by atoms with E-state index in [4.69, 9.17) is 19.4 Å². The summed E-state index contributed by atoms with van der Waals surface area (Å²) in [4.78, 5) is 15.5. The van der Waals surface area contributed by atoms with Crippen molar-refractivity contribution in [2.24, 2.45) is 0 Å². The van der Waals surface area contributed by atoms with Crippen molar-refractivity contribution in [3.63, 3.8) is 0 Å². The quantitative estimate of drug-likeness (QED) is 0.195. The second-order valence-corrected chi connectivity index (χ2v) is 12.7. The van der Waals surface area contributed by atoms with Gasteiger partial charge in [-0.15, -0.1) is 0 Å². The summed E-state index contributed by atoms with van der Waals surface area (Å²) in [5.74, 6) is 2.02. The van der Waals surface area contributed by atoms with E-state index in [1.807, 2.05) is 18.2 Å². The Kier molecular flexibility index (Phi) is 6.28. The monoisotopic (exact) mass is 627 g/mol. The molecule has 0 bridgehead atoms. The first kappa shape index (κ1) is 27.7. The van der Waals surface area contributed by atoms with E-state index in [-0.39, 0.29) is 0 Å². The Morgan fingerprint density at radius 3 is 2.02 bits per heavy atom. The van der Waals surface area contributed by atoms with E-state index in [1.54, 1.807) is 0 Å². The Bertz CT molecular complexity index is 2770. The molecule has 4 nitrogen and oxygen atoms in total. The highest BCUT2D eigenvalue weighted by Gasteiger charge is 2.20. The van der Waals surface area contributed by atoms with E-state index in [9.17, 15) is 0 Å². The van der Waals surface area contributed by atoms with Gasteiger partial charge in [-0.25, -0.2) is 15.0 Å². The zero-order valence-electron chi connectivity index (χ0n) is 26.6. The summed E-state index contributed by atoms with van der Waals surface area (Å²) in [6.45, 7) is 0. The van der Waals surface area contributed by atoms with Crippen LogP contribution in [-0.4, -0.2) is 15.0 Å². The second-order valence-electron chi connectivity index (χ2n) is 12.7. The number of fused-ring (bicyclic) bond motifs is 7. The fourth-order valence-electron chi connectivity index (χ4n) is 7.40. The van der Waals surface area contributed by atoms with Crippen molar-refractivity contribution in [1.29, 1.82) is 0 Å². The molecule has 10 rings (SSSR count). The topological polar surface area (TPSA) is 51.8 Å². The molecule has 0 radical (unpaired) electrons. The van der Waals surface area contributed by atoms with Crippen molar-refractivity contribution < 1.29 is 4.42 Å². The van der Waals surface area contributed by atoms with Crippen LogP contribution in [0.5, 0.6) is 0 Å². The molecule has 0 fully saturated rings. The minimum Gasteiger partial charge on any atom is -0.456 e. The molecule has 1 aliphatic carbocycles. The van der Waals surface area contributed by atoms with Gasteiger partial charge in [-0.2, -0.15) is 0 Å².